The van der Waals surface area contributed by atoms with Crippen molar-refractivity contribution >= 4 is 17.6 Å². The Kier molecular flexibility index (Phi) is 4.63. The van der Waals surface area contributed by atoms with Crippen molar-refractivity contribution in [1.29, 1.82) is 0 Å². The normalized spacial score (nSPS) is 9.91. The smallest absolute Gasteiger partial charge is 0.337 e. The molecule has 0 fully saturated rings. The van der Waals surface area contributed by atoms with Crippen molar-refractivity contribution in [3.63, 3.8) is 0 Å². The van der Waals surface area contributed by atoms with Crippen LogP contribution >= 0.6 is 0 Å². The Morgan fingerprint density at radius 3 is 2.32 bits per heavy atom. The van der Waals surface area contributed by atoms with Gasteiger partial charge in [-0.3, -0.25) is 4.79 Å². The minimum Gasteiger partial charge on any atom is -0.507 e. The molecule has 6 nitrogen and oxygen atoms in total. The number of methoxy groups -OCH3 is 2. The molecule has 0 spiro atoms. The van der Waals surface area contributed by atoms with Crippen LogP contribution in [0.4, 0.5) is 5.69 Å². The first kappa shape index (κ1) is 15.4. The third-order valence-corrected chi connectivity index (χ3v) is 3.02. The summed E-state index contributed by atoms with van der Waals surface area (Å²) < 4.78 is 9.66. The number of hydrogen-bond donors (Lipinski definition) is 2. The van der Waals surface area contributed by atoms with Gasteiger partial charge < -0.3 is 19.9 Å². The van der Waals surface area contributed by atoms with Gasteiger partial charge in [-0.05, 0) is 36.4 Å². The number of esters is 1. The summed E-state index contributed by atoms with van der Waals surface area (Å²) in [7, 11) is 2.71. The summed E-state index contributed by atoms with van der Waals surface area (Å²) in [5, 5.41) is 12.4. The first-order valence-electron chi connectivity index (χ1n) is 6.42. The lowest BCUT2D eigenvalue weighted by Crippen LogP contribution is -2.13. The number of phenolic OH excluding ortho intramolecular Hbond substituents is 1. The number of nitrogens with one attached hydrogen (secondary N) is 1. The van der Waals surface area contributed by atoms with E-state index in [1.165, 1.54) is 32.4 Å². The highest BCUT2D eigenvalue weighted by molar-refractivity contribution is 6.08. The van der Waals surface area contributed by atoms with E-state index in [1.807, 2.05) is 0 Å². The van der Waals surface area contributed by atoms with Crippen molar-refractivity contribution < 1.29 is 24.2 Å². The number of amides is 1. The van der Waals surface area contributed by atoms with Crippen LogP contribution in [0.3, 0.4) is 0 Å². The summed E-state index contributed by atoms with van der Waals surface area (Å²) in [6.07, 6.45) is 0. The predicted molar refractivity (Wildman–Crippen MR) is 80.4 cm³/mol. The average molecular weight is 301 g/mol. The van der Waals surface area contributed by atoms with E-state index in [-0.39, 0.29) is 17.1 Å². The lowest BCUT2D eigenvalue weighted by atomic mass is 10.1. The van der Waals surface area contributed by atoms with Crippen LogP contribution in [-0.4, -0.2) is 31.2 Å². The molecule has 0 heterocycles. The summed E-state index contributed by atoms with van der Waals surface area (Å²) >= 11 is 0. The molecule has 0 unspecified atom stereocenters. The Bertz CT molecular complexity index is 694. The van der Waals surface area contributed by atoms with Crippen LogP contribution in [0, 0.1) is 0 Å². The van der Waals surface area contributed by atoms with Gasteiger partial charge in [-0.2, -0.15) is 0 Å². The lowest BCUT2D eigenvalue weighted by molar-refractivity contribution is 0.0600. The van der Waals surface area contributed by atoms with Crippen molar-refractivity contribution in [3.8, 4) is 11.5 Å². The van der Waals surface area contributed by atoms with Gasteiger partial charge in [-0.15, -0.1) is 0 Å². The number of ether oxygens (including phenoxy) is 2. The van der Waals surface area contributed by atoms with Gasteiger partial charge in [-0.1, -0.05) is 6.07 Å². The molecular formula is C16H15NO5. The van der Waals surface area contributed by atoms with Crippen LogP contribution in [0.25, 0.3) is 0 Å². The number of carbonyl (C=O) groups is 2. The molecule has 0 bridgehead atoms. The maximum atomic E-state index is 12.2. The van der Waals surface area contributed by atoms with Crippen LogP contribution in [0.1, 0.15) is 20.7 Å². The van der Waals surface area contributed by atoms with Gasteiger partial charge >= 0.3 is 5.97 Å². The molecule has 0 aliphatic rings. The summed E-state index contributed by atoms with van der Waals surface area (Å²) in [4.78, 5) is 23.6. The molecule has 114 valence electrons. The monoisotopic (exact) mass is 301 g/mol. The first-order valence-corrected chi connectivity index (χ1v) is 6.42. The van der Waals surface area contributed by atoms with E-state index in [9.17, 15) is 14.7 Å². The second-order valence-electron chi connectivity index (χ2n) is 4.38. The highest BCUT2D eigenvalue weighted by atomic mass is 16.5. The van der Waals surface area contributed by atoms with Crippen molar-refractivity contribution in [2.45, 2.75) is 0 Å². The van der Waals surface area contributed by atoms with Gasteiger partial charge in [0.1, 0.15) is 17.1 Å². The number of phenols is 1. The molecule has 0 aliphatic carbocycles. The number of carbonyl (C=O) groups excluding carboxylic acids is 2. The quantitative estimate of drug-likeness (QED) is 0.847. The lowest BCUT2D eigenvalue weighted by Gasteiger charge is -2.11. The van der Waals surface area contributed by atoms with E-state index in [4.69, 9.17) is 4.74 Å². The van der Waals surface area contributed by atoms with Gasteiger partial charge in [0.2, 0.25) is 0 Å². The maximum Gasteiger partial charge on any atom is 0.337 e. The van der Waals surface area contributed by atoms with Gasteiger partial charge in [-0.25, -0.2) is 4.79 Å². The van der Waals surface area contributed by atoms with Gasteiger partial charge in [0, 0.05) is 5.69 Å². The van der Waals surface area contributed by atoms with Crippen LogP contribution in [0.2, 0.25) is 0 Å². The standard InChI is InChI=1S/C16H15NO5/c1-21-13-5-3-4-12(18)14(13)15(19)17-11-8-6-10(7-9-11)16(20)22-2/h3-9,18H,1-2H3,(H,17,19). The average Bonchev–Trinajstić information content (AvgIpc) is 2.54. The van der Waals surface area contributed by atoms with Crippen molar-refractivity contribution in [2.24, 2.45) is 0 Å². The van der Waals surface area contributed by atoms with E-state index in [0.29, 0.717) is 11.3 Å². The molecule has 2 rings (SSSR count). The minimum absolute atomic E-state index is 0.0436. The zero-order chi connectivity index (χ0) is 16.1. The van der Waals surface area contributed by atoms with Gasteiger partial charge in [0.15, 0.2) is 0 Å². The zero-order valence-electron chi connectivity index (χ0n) is 12.1. The number of aromatic hydroxyl groups is 1. The van der Waals surface area contributed by atoms with Crippen LogP contribution in [-0.2, 0) is 4.74 Å². The van der Waals surface area contributed by atoms with E-state index in [0.717, 1.165) is 0 Å². The van der Waals surface area contributed by atoms with Crippen molar-refractivity contribution in [3.05, 3.63) is 53.6 Å². The summed E-state index contributed by atoms with van der Waals surface area (Å²) in [5.41, 5.74) is 0.894. The van der Waals surface area contributed by atoms with Crippen LogP contribution in [0.15, 0.2) is 42.5 Å². The summed E-state index contributed by atoms with van der Waals surface area (Å²) in [5.74, 6) is -0.882. The highest BCUT2D eigenvalue weighted by Gasteiger charge is 2.17. The van der Waals surface area contributed by atoms with Gasteiger partial charge in [0.25, 0.3) is 5.91 Å². The molecule has 0 saturated carbocycles. The summed E-state index contributed by atoms with van der Waals surface area (Å²) in [6.45, 7) is 0. The molecular weight excluding hydrogens is 286 g/mol. The Morgan fingerprint density at radius 1 is 1.05 bits per heavy atom. The summed E-state index contributed by atoms with van der Waals surface area (Å²) in [6, 6.07) is 10.8. The number of rotatable bonds is 4. The van der Waals surface area contributed by atoms with Crippen molar-refractivity contribution in [2.75, 3.05) is 19.5 Å². The Labute approximate surface area is 127 Å². The fourth-order valence-corrected chi connectivity index (χ4v) is 1.92. The fraction of sp³-hybridized carbons (Fsp3) is 0.125. The topological polar surface area (TPSA) is 84.9 Å². The van der Waals surface area contributed by atoms with E-state index >= 15 is 0 Å². The molecule has 0 aliphatic heterocycles. The van der Waals surface area contributed by atoms with Crippen LogP contribution < -0.4 is 10.1 Å². The molecule has 2 aromatic rings. The highest BCUT2D eigenvalue weighted by Crippen LogP contribution is 2.28. The molecule has 2 aromatic carbocycles. The molecule has 0 radical (unpaired) electrons. The first-order chi connectivity index (χ1) is 10.6. The predicted octanol–water partition coefficient (Wildman–Crippen LogP) is 2.44. The molecule has 2 N–H and O–H groups in total. The molecule has 22 heavy (non-hydrogen) atoms. The van der Waals surface area contributed by atoms with E-state index < -0.39 is 11.9 Å². The third kappa shape index (κ3) is 3.17. The molecule has 1 amide bonds. The molecule has 0 atom stereocenters. The van der Waals surface area contributed by atoms with Crippen LogP contribution in [0.5, 0.6) is 11.5 Å². The third-order valence-electron chi connectivity index (χ3n) is 3.02. The SMILES string of the molecule is COC(=O)c1ccc(NC(=O)c2c(O)cccc2OC)cc1. The number of hydrogen-bond acceptors (Lipinski definition) is 5. The van der Waals surface area contributed by atoms with Crippen molar-refractivity contribution in [1.82, 2.24) is 0 Å². The molecule has 0 saturated heterocycles. The zero-order valence-corrected chi connectivity index (χ0v) is 12.1. The van der Waals surface area contributed by atoms with E-state index in [2.05, 4.69) is 10.1 Å². The van der Waals surface area contributed by atoms with E-state index in [1.54, 1.807) is 24.3 Å². The maximum absolute atomic E-state index is 12.2. The fourth-order valence-electron chi connectivity index (χ4n) is 1.92. The Hall–Kier alpha value is -3.02. The minimum atomic E-state index is -0.513. The number of benzene rings is 2. The van der Waals surface area contributed by atoms with Gasteiger partial charge in [0.05, 0.1) is 19.8 Å². The Balaban J connectivity index is 2.21. The molecule has 6 heteroatoms. The number of anilines is 1. The second-order valence-corrected chi connectivity index (χ2v) is 4.38. The Morgan fingerprint density at radius 2 is 1.73 bits per heavy atom. The molecule has 0 aromatic heterocycles. The largest absolute Gasteiger partial charge is 0.507 e. The second kappa shape index (κ2) is 6.62.